The molecule has 0 aliphatic rings. The molecule has 0 aliphatic carbocycles. The average Bonchev–Trinajstić information content (AvgIpc) is 2.77. The highest BCUT2D eigenvalue weighted by Gasteiger charge is 2.20. The Balaban J connectivity index is 2.00. The summed E-state index contributed by atoms with van der Waals surface area (Å²) in [6.45, 7) is 1.78. The lowest BCUT2D eigenvalue weighted by atomic mass is 10.1. The molecule has 5 nitrogen and oxygen atoms in total. The van der Waals surface area contributed by atoms with Gasteiger partial charge in [0.1, 0.15) is 23.8 Å². The molecular weight excluding hydrogens is 308 g/mol. The SMILES string of the molecule is Cc1coc(CC(=O)O)c1C(=O)NCCc1cc(F)cc(F)c1. The highest BCUT2D eigenvalue weighted by Crippen LogP contribution is 2.17. The summed E-state index contributed by atoms with van der Waals surface area (Å²) >= 11 is 0. The molecule has 0 radical (unpaired) electrons. The first-order valence-corrected chi connectivity index (χ1v) is 6.88. The summed E-state index contributed by atoms with van der Waals surface area (Å²) in [4.78, 5) is 22.9. The van der Waals surface area contributed by atoms with Crippen LogP contribution >= 0.6 is 0 Å². The molecule has 2 N–H and O–H groups in total. The number of nitrogens with one attached hydrogen (secondary N) is 1. The number of furan rings is 1. The first kappa shape index (κ1) is 16.7. The lowest BCUT2D eigenvalue weighted by Crippen LogP contribution is -2.27. The van der Waals surface area contributed by atoms with E-state index in [4.69, 9.17) is 9.52 Å². The van der Waals surface area contributed by atoms with Crippen LogP contribution in [0, 0.1) is 18.6 Å². The zero-order valence-electron chi connectivity index (χ0n) is 12.4. The minimum Gasteiger partial charge on any atom is -0.481 e. The van der Waals surface area contributed by atoms with Gasteiger partial charge in [0.25, 0.3) is 5.91 Å². The number of carbonyl (C=O) groups is 2. The fourth-order valence-electron chi connectivity index (χ4n) is 2.23. The highest BCUT2D eigenvalue weighted by molar-refractivity contribution is 5.97. The number of carboxylic acids is 1. The minimum atomic E-state index is -1.11. The smallest absolute Gasteiger partial charge is 0.311 e. The van der Waals surface area contributed by atoms with Gasteiger partial charge in [-0.25, -0.2) is 8.78 Å². The van der Waals surface area contributed by atoms with Gasteiger partial charge in [-0.2, -0.15) is 0 Å². The number of amides is 1. The summed E-state index contributed by atoms with van der Waals surface area (Å²) in [7, 11) is 0. The molecule has 0 fully saturated rings. The number of benzene rings is 1. The van der Waals surface area contributed by atoms with Crippen molar-refractivity contribution >= 4 is 11.9 Å². The first-order chi connectivity index (χ1) is 10.9. The molecule has 2 aromatic rings. The van der Waals surface area contributed by atoms with Crippen molar-refractivity contribution < 1.29 is 27.9 Å². The van der Waals surface area contributed by atoms with Crippen LogP contribution in [0.25, 0.3) is 0 Å². The molecule has 0 saturated carbocycles. The average molecular weight is 323 g/mol. The van der Waals surface area contributed by atoms with E-state index < -0.39 is 29.9 Å². The molecule has 0 bridgehead atoms. The Morgan fingerprint density at radius 3 is 2.48 bits per heavy atom. The standard InChI is InChI=1S/C16H15F2NO4/c1-9-8-23-13(7-14(20)21)15(9)16(22)19-3-2-10-4-11(17)6-12(18)5-10/h4-6,8H,2-3,7H2,1H3,(H,19,22)(H,20,21). The van der Waals surface area contributed by atoms with Gasteiger partial charge in [0, 0.05) is 18.2 Å². The molecule has 2 rings (SSSR count). The number of carbonyl (C=O) groups excluding carboxylic acids is 1. The maximum absolute atomic E-state index is 13.1. The Bertz CT molecular complexity index is 719. The summed E-state index contributed by atoms with van der Waals surface area (Å²) in [6, 6.07) is 3.15. The molecule has 0 saturated heterocycles. The summed E-state index contributed by atoms with van der Waals surface area (Å²) in [6.07, 6.45) is 1.16. The first-order valence-electron chi connectivity index (χ1n) is 6.88. The monoisotopic (exact) mass is 323 g/mol. The maximum atomic E-state index is 13.1. The van der Waals surface area contributed by atoms with E-state index >= 15 is 0 Å². The third-order valence-corrected chi connectivity index (χ3v) is 3.21. The number of aliphatic carboxylic acids is 1. The van der Waals surface area contributed by atoms with Crippen LogP contribution in [0.5, 0.6) is 0 Å². The summed E-state index contributed by atoms with van der Waals surface area (Å²) < 4.78 is 31.2. The Labute approximate surface area is 130 Å². The van der Waals surface area contributed by atoms with E-state index in [9.17, 15) is 18.4 Å². The van der Waals surface area contributed by atoms with Crippen LogP contribution in [-0.2, 0) is 17.6 Å². The molecule has 1 heterocycles. The molecule has 0 aliphatic heterocycles. The van der Waals surface area contributed by atoms with Crippen molar-refractivity contribution in [1.29, 1.82) is 0 Å². The number of carboxylic acid groups (broad SMARTS) is 1. The van der Waals surface area contributed by atoms with Gasteiger partial charge < -0.3 is 14.8 Å². The molecule has 0 atom stereocenters. The molecule has 1 aromatic heterocycles. The lowest BCUT2D eigenvalue weighted by Gasteiger charge is -2.06. The zero-order chi connectivity index (χ0) is 17.0. The van der Waals surface area contributed by atoms with Crippen molar-refractivity contribution in [3.8, 4) is 0 Å². The van der Waals surface area contributed by atoms with Gasteiger partial charge in [-0.15, -0.1) is 0 Å². The van der Waals surface area contributed by atoms with Crippen LogP contribution < -0.4 is 5.32 Å². The molecule has 0 unspecified atom stereocenters. The van der Waals surface area contributed by atoms with Crippen molar-refractivity contribution in [3.05, 3.63) is 58.5 Å². The number of hydrogen-bond donors (Lipinski definition) is 2. The van der Waals surface area contributed by atoms with Gasteiger partial charge in [-0.3, -0.25) is 9.59 Å². The molecule has 122 valence electrons. The Morgan fingerprint density at radius 1 is 1.22 bits per heavy atom. The number of rotatable bonds is 6. The van der Waals surface area contributed by atoms with Crippen LogP contribution in [0.15, 0.2) is 28.9 Å². The summed E-state index contributed by atoms with van der Waals surface area (Å²) in [5, 5.41) is 11.4. The van der Waals surface area contributed by atoms with Crippen LogP contribution in [0.3, 0.4) is 0 Å². The van der Waals surface area contributed by atoms with Crippen molar-refractivity contribution in [2.24, 2.45) is 0 Å². The van der Waals surface area contributed by atoms with E-state index in [2.05, 4.69) is 5.32 Å². The normalized spacial score (nSPS) is 10.6. The zero-order valence-corrected chi connectivity index (χ0v) is 12.4. The molecular formula is C16H15F2NO4. The van der Waals surface area contributed by atoms with Crippen LogP contribution in [-0.4, -0.2) is 23.5 Å². The van der Waals surface area contributed by atoms with Crippen molar-refractivity contribution in [2.45, 2.75) is 19.8 Å². The maximum Gasteiger partial charge on any atom is 0.311 e. The summed E-state index contributed by atoms with van der Waals surface area (Å²) in [5.74, 6) is -2.88. The van der Waals surface area contributed by atoms with Crippen molar-refractivity contribution in [1.82, 2.24) is 5.32 Å². The summed E-state index contributed by atoms with van der Waals surface area (Å²) in [5.41, 5.74) is 1.12. The predicted molar refractivity (Wildman–Crippen MR) is 77.2 cm³/mol. The Morgan fingerprint density at radius 2 is 1.87 bits per heavy atom. The van der Waals surface area contributed by atoms with E-state index in [0.29, 0.717) is 11.1 Å². The second-order valence-corrected chi connectivity index (χ2v) is 5.07. The van der Waals surface area contributed by atoms with E-state index in [1.54, 1.807) is 6.92 Å². The van der Waals surface area contributed by atoms with Crippen LogP contribution in [0.1, 0.15) is 27.2 Å². The van der Waals surface area contributed by atoms with Gasteiger partial charge >= 0.3 is 5.97 Å². The fourth-order valence-corrected chi connectivity index (χ4v) is 2.23. The van der Waals surface area contributed by atoms with Gasteiger partial charge in [0.15, 0.2) is 0 Å². The molecule has 1 amide bonds. The van der Waals surface area contributed by atoms with Crippen molar-refractivity contribution in [2.75, 3.05) is 6.54 Å². The third-order valence-electron chi connectivity index (χ3n) is 3.21. The fraction of sp³-hybridized carbons (Fsp3) is 0.250. The van der Waals surface area contributed by atoms with E-state index in [1.807, 2.05) is 0 Å². The van der Waals surface area contributed by atoms with Crippen LogP contribution in [0.2, 0.25) is 0 Å². The largest absolute Gasteiger partial charge is 0.481 e. The van der Waals surface area contributed by atoms with Gasteiger partial charge in [0.2, 0.25) is 0 Å². The van der Waals surface area contributed by atoms with Gasteiger partial charge in [-0.05, 0) is 31.0 Å². The molecule has 23 heavy (non-hydrogen) atoms. The lowest BCUT2D eigenvalue weighted by molar-refractivity contribution is -0.136. The Hall–Kier alpha value is -2.70. The quantitative estimate of drug-likeness (QED) is 0.856. The van der Waals surface area contributed by atoms with E-state index in [1.165, 1.54) is 18.4 Å². The van der Waals surface area contributed by atoms with Gasteiger partial charge in [0.05, 0.1) is 11.8 Å². The van der Waals surface area contributed by atoms with Gasteiger partial charge in [-0.1, -0.05) is 0 Å². The minimum absolute atomic E-state index is 0.0734. The number of aryl methyl sites for hydroxylation is 1. The molecule has 1 aromatic carbocycles. The second kappa shape index (κ2) is 7.04. The number of halogens is 2. The molecule has 7 heteroatoms. The predicted octanol–water partition coefficient (Wildman–Crippen LogP) is 2.47. The Kier molecular flexibility index (Phi) is 5.10. The van der Waals surface area contributed by atoms with E-state index in [-0.39, 0.29) is 24.3 Å². The third kappa shape index (κ3) is 4.38. The van der Waals surface area contributed by atoms with Crippen LogP contribution in [0.4, 0.5) is 8.78 Å². The second-order valence-electron chi connectivity index (χ2n) is 5.07. The number of hydrogen-bond acceptors (Lipinski definition) is 3. The topological polar surface area (TPSA) is 79.5 Å². The van der Waals surface area contributed by atoms with E-state index in [0.717, 1.165) is 6.07 Å². The van der Waals surface area contributed by atoms with Crippen molar-refractivity contribution in [3.63, 3.8) is 0 Å². The highest BCUT2D eigenvalue weighted by atomic mass is 19.1. The molecule has 0 spiro atoms.